The Morgan fingerprint density at radius 3 is 2.41 bits per heavy atom. The molecule has 0 saturated heterocycles. The number of alkyl carbamates (subject to hydrolysis) is 1. The Morgan fingerprint density at radius 1 is 1.41 bits per heavy atom. The van der Waals surface area contributed by atoms with Crippen LogP contribution < -0.4 is 16.4 Å². The molecule has 0 heterocycles. The highest BCUT2D eigenvalue weighted by Crippen LogP contribution is 2.11. The first kappa shape index (κ1) is 20.8. The summed E-state index contributed by atoms with van der Waals surface area (Å²) in [4.78, 5) is 15.5. The van der Waals surface area contributed by atoms with Crippen molar-refractivity contribution < 1.29 is 9.53 Å². The van der Waals surface area contributed by atoms with Gasteiger partial charge in [0, 0.05) is 12.8 Å². The Kier molecular flexibility index (Phi) is 7.97. The van der Waals surface area contributed by atoms with E-state index < -0.39 is 17.2 Å². The molecule has 0 atom stereocenters. The average Bonchev–Trinajstić information content (AvgIpc) is 2.31. The summed E-state index contributed by atoms with van der Waals surface area (Å²) in [5.41, 5.74) is 4.88. The second-order valence-electron chi connectivity index (χ2n) is 6.26. The van der Waals surface area contributed by atoms with Crippen LogP contribution in [0.5, 0.6) is 0 Å². The number of halogens is 2. The monoisotopic (exact) mass is 394 g/mol. The number of ether oxygens (including phenoxy) is 1. The first-order chi connectivity index (χ1) is 9.82. The number of carbonyl (C=O) groups excluding carboxylic acids is 1. The van der Waals surface area contributed by atoms with E-state index in [1.807, 2.05) is 13.8 Å². The lowest BCUT2D eigenvalue weighted by molar-refractivity contribution is 0.0515. The molecule has 8 heteroatoms. The molecule has 0 aromatic carbocycles. The van der Waals surface area contributed by atoms with E-state index in [1.165, 1.54) is 6.21 Å². The highest BCUT2D eigenvalue weighted by molar-refractivity contribution is 9.12. The normalized spacial score (nSPS) is 13.6. The van der Waals surface area contributed by atoms with Gasteiger partial charge in [0.15, 0.2) is 0 Å². The Balaban J connectivity index is 4.60. The van der Waals surface area contributed by atoms with Crippen LogP contribution in [0.4, 0.5) is 4.79 Å². The number of allylic oxidation sites excluding steroid dienone is 1. The summed E-state index contributed by atoms with van der Waals surface area (Å²) in [5.74, 6) is 0.359. The Labute approximate surface area is 145 Å². The summed E-state index contributed by atoms with van der Waals surface area (Å²) in [6, 6.07) is 0. The van der Waals surface area contributed by atoms with Crippen molar-refractivity contribution in [3.63, 3.8) is 0 Å². The maximum Gasteiger partial charge on any atom is 0.407 e. The van der Waals surface area contributed by atoms with Crippen LogP contribution in [0.3, 0.4) is 0 Å². The summed E-state index contributed by atoms with van der Waals surface area (Å²) >= 11 is 8.81. The predicted molar refractivity (Wildman–Crippen MR) is 95.1 cm³/mol. The SMILES string of the molecule is C=C(Cl)/N=C\C(Br)=C(/N)NC(C)(C)CNC(=O)OC(C)(C)C. The number of nitrogens with two attached hydrogens (primary N) is 1. The summed E-state index contributed by atoms with van der Waals surface area (Å²) < 4.78 is 5.70. The third kappa shape index (κ3) is 10.5. The second kappa shape index (κ2) is 8.43. The number of hydrogen-bond donors (Lipinski definition) is 3. The van der Waals surface area contributed by atoms with E-state index in [0.29, 0.717) is 16.8 Å². The molecule has 0 spiro atoms. The number of hydrogen-bond acceptors (Lipinski definition) is 5. The van der Waals surface area contributed by atoms with Gasteiger partial charge in [0.25, 0.3) is 0 Å². The third-order valence-electron chi connectivity index (χ3n) is 2.12. The van der Waals surface area contributed by atoms with E-state index >= 15 is 0 Å². The highest BCUT2D eigenvalue weighted by Gasteiger charge is 2.22. The third-order valence-corrected chi connectivity index (χ3v) is 2.85. The molecule has 0 aliphatic rings. The molecule has 0 saturated carbocycles. The van der Waals surface area contributed by atoms with Gasteiger partial charge in [-0.25, -0.2) is 9.79 Å². The number of aliphatic imine (C=N–C) groups is 1. The molecule has 6 nitrogen and oxygen atoms in total. The molecule has 0 rings (SSSR count). The molecule has 22 heavy (non-hydrogen) atoms. The van der Waals surface area contributed by atoms with E-state index in [4.69, 9.17) is 22.1 Å². The van der Waals surface area contributed by atoms with Gasteiger partial charge in [-0.2, -0.15) is 0 Å². The number of nitrogens with one attached hydrogen (secondary N) is 2. The number of rotatable bonds is 6. The highest BCUT2D eigenvalue weighted by atomic mass is 79.9. The van der Waals surface area contributed by atoms with Crippen molar-refractivity contribution in [1.29, 1.82) is 0 Å². The molecule has 126 valence electrons. The quantitative estimate of drug-likeness (QED) is 0.476. The standard InChI is InChI=1S/C14H24BrClN4O2/c1-9(16)18-7-10(15)11(17)20-14(5,6)8-19-12(21)22-13(2,3)4/h7,20H,1,8,17H2,2-6H3,(H,19,21)/b11-10-,18-7-. The minimum atomic E-state index is -0.538. The van der Waals surface area contributed by atoms with Crippen molar-refractivity contribution in [2.45, 2.75) is 45.8 Å². The molecule has 0 radical (unpaired) electrons. The van der Waals surface area contributed by atoms with Gasteiger partial charge in [0.1, 0.15) is 16.6 Å². The van der Waals surface area contributed by atoms with Gasteiger partial charge in [0.05, 0.1) is 10.0 Å². The average molecular weight is 396 g/mol. The van der Waals surface area contributed by atoms with Crippen molar-refractivity contribution >= 4 is 39.8 Å². The molecule has 0 bridgehead atoms. The largest absolute Gasteiger partial charge is 0.444 e. The maximum absolute atomic E-state index is 11.6. The van der Waals surface area contributed by atoms with Gasteiger partial charge in [0.2, 0.25) is 0 Å². The zero-order chi connectivity index (χ0) is 17.6. The minimum absolute atomic E-state index is 0.149. The molecule has 1 amide bonds. The van der Waals surface area contributed by atoms with Crippen LogP contribution in [0.2, 0.25) is 0 Å². The van der Waals surface area contributed by atoms with E-state index in [0.717, 1.165) is 0 Å². The summed E-state index contributed by atoms with van der Waals surface area (Å²) in [7, 11) is 0. The van der Waals surface area contributed by atoms with Gasteiger partial charge < -0.3 is 21.1 Å². The fourth-order valence-corrected chi connectivity index (χ4v) is 1.52. The molecular weight excluding hydrogens is 372 g/mol. The van der Waals surface area contributed by atoms with Crippen LogP contribution in [0.1, 0.15) is 34.6 Å². The van der Waals surface area contributed by atoms with Crippen LogP contribution in [-0.4, -0.2) is 30.0 Å². The van der Waals surface area contributed by atoms with Crippen LogP contribution in [-0.2, 0) is 4.74 Å². The fraction of sp³-hybridized carbons (Fsp3) is 0.571. The van der Waals surface area contributed by atoms with Crippen LogP contribution in [0.15, 0.2) is 27.0 Å². The van der Waals surface area contributed by atoms with Crippen molar-refractivity contribution in [3.8, 4) is 0 Å². The molecule has 0 aliphatic heterocycles. The van der Waals surface area contributed by atoms with Crippen LogP contribution in [0, 0.1) is 0 Å². The Morgan fingerprint density at radius 2 is 1.95 bits per heavy atom. The van der Waals surface area contributed by atoms with Gasteiger partial charge in [-0.3, -0.25) is 0 Å². The zero-order valence-electron chi connectivity index (χ0n) is 13.6. The molecular formula is C14H24BrClN4O2. The van der Waals surface area contributed by atoms with E-state index in [2.05, 4.69) is 38.1 Å². The van der Waals surface area contributed by atoms with Gasteiger partial charge >= 0.3 is 6.09 Å². The first-order valence-electron chi connectivity index (χ1n) is 6.61. The smallest absolute Gasteiger partial charge is 0.407 e. The molecule has 0 fully saturated rings. The number of amides is 1. The molecule has 0 aromatic rings. The zero-order valence-corrected chi connectivity index (χ0v) is 15.9. The van der Waals surface area contributed by atoms with Gasteiger partial charge in [-0.15, -0.1) is 0 Å². The molecule has 4 N–H and O–H groups in total. The van der Waals surface area contributed by atoms with Crippen molar-refractivity contribution in [3.05, 3.63) is 22.0 Å². The van der Waals surface area contributed by atoms with E-state index in [-0.39, 0.29) is 5.16 Å². The lowest BCUT2D eigenvalue weighted by Crippen LogP contribution is -2.50. The van der Waals surface area contributed by atoms with Gasteiger partial charge in [-0.05, 0) is 50.5 Å². The predicted octanol–water partition coefficient (Wildman–Crippen LogP) is 3.18. The topological polar surface area (TPSA) is 88.7 Å². The van der Waals surface area contributed by atoms with E-state index in [9.17, 15) is 4.79 Å². The summed E-state index contributed by atoms with van der Waals surface area (Å²) in [6.07, 6.45) is 0.957. The maximum atomic E-state index is 11.6. The van der Waals surface area contributed by atoms with E-state index in [1.54, 1.807) is 20.8 Å². The first-order valence-corrected chi connectivity index (χ1v) is 7.78. The van der Waals surface area contributed by atoms with Crippen molar-refractivity contribution in [2.75, 3.05) is 6.54 Å². The lowest BCUT2D eigenvalue weighted by Gasteiger charge is -2.29. The Hall–Kier alpha value is -1.21. The number of nitrogens with zero attached hydrogens (tertiary/aromatic N) is 1. The van der Waals surface area contributed by atoms with Crippen molar-refractivity contribution in [2.24, 2.45) is 10.7 Å². The Bertz CT molecular complexity index is 482. The summed E-state index contributed by atoms with van der Waals surface area (Å²) in [5, 5.41) is 5.91. The van der Waals surface area contributed by atoms with Crippen molar-refractivity contribution in [1.82, 2.24) is 10.6 Å². The minimum Gasteiger partial charge on any atom is -0.444 e. The summed E-state index contributed by atoms with van der Waals surface area (Å²) in [6.45, 7) is 12.9. The van der Waals surface area contributed by atoms with Crippen LogP contribution in [0.25, 0.3) is 0 Å². The lowest BCUT2D eigenvalue weighted by atomic mass is 10.1. The molecule has 0 aromatic heterocycles. The fourth-order valence-electron chi connectivity index (χ4n) is 1.27. The number of carbonyl (C=O) groups is 1. The second-order valence-corrected chi connectivity index (χ2v) is 7.55. The molecule has 0 aliphatic carbocycles. The molecule has 0 unspecified atom stereocenters. The van der Waals surface area contributed by atoms with Crippen LogP contribution >= 0.6 is 27.5 Å². The van der Waals surface area contributed by atoms with Gasteiger partial charge in [-0.1, -0.05) is 18.2 Å².